The second-order valence-corrected chi connectivity index (χ2v) is 21.4. The first kappa shape index (κ1) is 56.5. The van der Waals surface area contributed by atoms with E-state index in [2.05, 4.69) is 75.1 Å². The zero-order valence-corrected chi connectivity index (χ0v) is 43.3. The van der Waals surface area contributed by atoms with Crippen LogP contribution in [0, 0.1) is 5.92 Å². The molecule has 4 heterocycles. The van der Waals surface area contributed by atoms with E-state index in [9.17, 15) is 24.0 Å². The van der Waals surface area contributed by atoms with Crippen molar-refractivity contribution in [2.24, 2.45) is 5.92 Å². The van der Waals surface area contributed by atoms with Gasteiger partial charge in [0.25, 0.3) is 0 Å². The van der Waals surface area contributed by atoms with E-state index in [4.69, 9.17) is 18.9 Å². The fraction of sp³-hybridized carbons (Fsp3) is 0.660. The zero-order chi connectivity index (χ0) is 49.5. The number of fused-ring (bicyclic) bond motifs is 3. The molecule has 0 aromatic rings. The lowest BCUT2D eigenvalue weighted by molar-refractivity contribution is -0.149. The Morgan fingerprint density at radius 2 is 1.68 bits per heavy atom. The molecule has 2 bridgehead atoms. The van der Waals surface area contributed by atoms with E-state index in [-0.39, 0.29) is 60.8 Å². The Hall–Kier alpha value is -4.07. The molecule has 0 aromatic carbocycles. The maximum absolute atomic E-state index is 13.3. The van der Waals surface area contributed by atoms with Crippen molar-refractivity contribution in [1.82, 2.24) is 36.8 Å². The average molecular weight is 986 g/mol. The fourth-order valence-electron chi connectivity index (χ4n) is 8.24. The number of ether oxygens (including phenoxy) is 4. The number of likely N-dealkylation sites (N-methyl/N-ethyl adjacent to an activating group) is 1. The van der Waals surface area contributed by atoms with E-state index in [1.807, 2.05) is 64.9 Å². The topological polar surface area (TPSA) is 198 Å². The Morgan fingerprint density at radius 1 is 0.956 bits per heavy atom. The number of esters is 2. The van der Waals surface area contributed by atoms with Crippen molar-refractivity contribution in [3.63, 3.8) is 0 Å². The van der Waals surface area contributed by atoms with Crippen LogP contribution in [0.5, 0.6) is 0 Å². The van der Waals surface area contributed by atoms with Gasteiger partial charge in [-0.05, 0) is 85.4 Å². The van der Waals surface area contributed by atoms with E-state index in [1.165, 1.54) is 6.08 Å². The lowest BCUT2D eigenvalue weighted by atomic mass is 9.96. The number of nitrogens with zero attached hydrogens (tertiary/aromatic N) is 1. The molecule has 68 heavy (non-hydrogen) atoms. The molecule has 0 spiro atoms. The van der Waals surface area contributed by atoms with Gasteiger partial charge in [0.2, 0.25) is 11.8 Å². The Balaban J connectivity index is 1.18. The molecule has 6 N–H and O–H groups in total. The third kappa shape index (κ3) is 22.1. The molecule has 0 aromatic heterocycles. The van der Waals surface area contributed by atoms with Crippen LogP contribution in [-0.4, -0.2) is 148 Å². The van der Waals surface area contributed by atoms with Crippen LogP contribution in [0.3, 0.4) is 0 Å². The number of carbonyl (C=O) groups excluding carboxylic acids is 5. The largest absolute Gasteiger partial charge is 0.462 e. The molecule has 2 saturated heterocycles. The molecule has 4 aliphatic heterocycles. The van der Waals surface area contributed by atoms with Crippen LogP contribution < -0.4 is 31.9 Å². The average Bonchev–Trinajstić information content (AvgIpc) is 3.96. The second kappa shape index (κ2) is 29.8. The summed E-state index contributed by atoms with van der Waals surface area (Å²) in [5, 5.41) is 21.2. The molecule has 5 unspecified atom stereocenters. The van der Waals surface area contributed by atoms with Crippen LogP contribution in [-0.2, 0) is 38.1 Å². The van der Waals surface area contributed by atoms with Crippen LogP contribution in [0.15, 0.2) is 70.4 Å². The van der Waals surface area contributed by atoms with Gasteiger partial charge >= 0.3 is 18.0 Å². The molecule has 2 fully saturated rings. The van der Waals surface area contributed by atoms with Gasteiger partial charge in [-0.25, -0.2) is 9.59 Å². The Morgan fingerprint density at radius 3 is 2.41 bits per heavy atom. The number of amides is 4. The predicted molar refractivity (Wildman–Crippen MR) is 272 cm³/mol. The molecule has 0 saturated carbocycles. The summed E-state index contributed by atoms with van der Waals surface area (Å²) < 4.78 is 23.1. The van der Waals surface area contributed by atoms with Crippen molar-refractivity contribution in [1.29, 1.82) is 0 Å². The number of nitrogens with one attached hydrogen (secondary N) is 6. The zero-order valence-electron chi connectivity index (χ0n) is 41.6. The number of unbranched alkanes of at least 4 members (excludes halogenated alkanes) is 1. The van der Waals surface area contributed by atoms with E-state index in [0.29, 0.717) is 70.5 Å². The van der Waals surface area contributed by atoms with Crippen LogP contribution in [0.1, 0.15) is 92.9 Å². The number of thioether (sulfide) groups is 2. The standard InChI is InChI=1S/C50H79N7O9S2/c1-34(18-21-57(7)8)16-17-36(3)27-40-30-50(6)56-41(33-68-50)37(4)28-39(29-47(61)65-38(5)26-35(2)12-11-15-46(60)66-40)53-31-45(59)52-20-23-64-25-24-63-22-19-51-44(58)14-10-9-13-43-48-42(32-67-43)54-49(62)55-48/h11-12,15-18,27,33,37-40,42-43,48,53,56H,9-10,13-14,19-26,28-32H2,1-8H3,(H,51,58)(H,52,59)(H2,54,55,62)/b15-11-,17-16+,34-18+,35-12+,36-27+/t37-,38?,39?,40+,42?,43-,48?,50?/m0/s1. The molecular weight excluding hydrogens is 907 g/mol. The van der Waals surface area contributed by atoms with Gasteiger partial charge < -0.3 is 55.7 Å². The molecule has 18 heteroatoms. The first-order valence-electron chi connectivity index (χ1n) is 24.2. The Kier molecular flexibility index (Phi) is 24.8. The molecule has 4 aliphatic rings. The number of allylic oxidation sites excluding steroid dienone is 7. The monoisotopic (exact) mass is 986 g/mol. The molecule has 0 radical (unpaired) electrons. The summed E-state index contributed by atoms with van der Waals surface area (Å²) in [4.78, 5) is 64.7. The van der Waals surface area contributed by atoms with Crippen molar-refractivity contribution in [2.45, 2.75) is 133 Å². The number of hydrogen-bond donors (Lipinski definition) is 6. The molecule has 0 aliphatic carbocycles. The maximum atomic E-state index is 13.3. The SMILES string of the molecule is CC(/C=C/C(C)=C/[C@@H]1CC2(C)NC(=CS2)[C@@H](C)CC(NCC(=O)NCCOCCOCCNC(=O)CCCC[C@@H]2SCC3NC(=O)NC32)CC(=O)OC(C)C/C(C)=C/C=C\C(=O)O1)=C\CN(C)C. The lowest BCUT2D eigenvalue weighted by Crippen LogP contribution is -2.43. The number of rotatable bonds is 22. The Labute approximate surface area is 413 Å². The predicted octanol–water partition coefficient (Wildman–Crippen LogP) is 5.40. The van der Waals surface area contributed by atoms with Gasteiger partial charge in [-0.1, -0.05) is 60.4 Å². The highest BCUT2D eigenvalue weighted by molar-refractivity contribution is 8.03. The molecule has 380 valence electrons. The molecule has 8 atom stereocenters. The second-order valence-electron chi connectivity index (χ2n) is 18.8. The molecule has 16 nitrogen and oxygen atoms in total. The summed E-state index contributed by atoms with van der Waals surface area (Å²) in [6, 6.07) is -0.0151. The normalized spacial score (nSPS) is 28.7. The highest BCUT2D eigenvalue weighted by Crippen LogP contribution is 2.39. The van der Waals surface area contributed by atoms with Gasteiger partial charge in [0, 0.05) is 67.7 Å². The summed E-state index contributed by atoms with van der Waals surface area (Å²) in [6.45, 7) is 15.0. The minimum atomic E-state index is -0.508. The quantitative estimate of drug-likeness (QED) is 0.0349. The van der Waals surface area contributed by atoms with Crippen LogP contribution >= 0.6 is 23.5 Å². The smallest absolute Gasteiger partial charge is 0.331 e. The summed E-state index contributed by atoms with van der Waals surface area (Å²) in [5.74, 6) is -0.0810. The highest BCUT2D eigenvalue weighted by atomic mass is 32.2. The van der Waals surface area contributed by atoms with Crippen LogP contribution in [0.25, 0.3) is 0 Å². The van der Waals surface area contributed by atoms with Crippen molar-refractivity contribution in [3.8, 4) is 0 Å². The third-order valence-electron chi connectivity index (χ3n) is 11.8. The summed E-state index contributed by atoms with van der Waals surface area (Å²) in [7, 11) is 4.06. The minimum absolute atomic E-state index is 0.00236. The van der Waals surface area contributed by atoms with Crippen molar-refractivity contribution >= 4 is 53.3 Å². The summed E-state index contributed by atoms with van der Waals surface area (Å²) >= 11 is 3.53. The Bertz CT molecular complexity index is 1870. The number of cyclic esters (lactones) is 2. The number of hydrogen-bond acceptors (Lipinski definition) is 14. The summed E-state index contributed by atoms with van der Waals surface area (Å²) in [6.07, 6.45) is 17.1. The van der Waals surface area contributed by atoms with E-state index >= 15 is 0 Å². The maximum Gasteiger partial charge on any atom is 0.331 e. The first-order valence-corrected chi connectivity index (χ1v) is 26.1. The molecule has 4 rings (SSSR count). The van der Waals surface area contributed by atoms with Crippen molar-refractivity contribution < 1.29 is 42.9 Å². The van der Waals surface area contributed by atoms with Crippen LogP contribution in [0.4, 0.5) is 4.79 Å². The van der Waals surface area contributed by atoms with E-state index in [1.54, 1.807) is 17.8 Å². The lowest BCUT2D eigenvalue weighted by Gasteiger charge is -2.31. The van der Waals surface area contributed by atoms with Crippen molar-refractivity contribution in [3.05, 3.63) is 70.4 Å². The van der Waals surface area contributed by atoms with Gasteiger partial charge in [-0.3, -0.25) is 14.4 Å². The van der Waals surface area contributed by atoms with Gasteiger partial charge in [0.1, 0.15) is 12.2 Å². The van der Waals surface area contributed by atoms with Gasteiger partial charge in [0.15, 0.2) is 0 Å². The van der Waals surface area contributed by atoms with Gasteiger partial charge in [-0.15, -0.1) is 11.8 Å². The number of carbonyl (C=O) groups is 5. The third-order valence-corrected chi connectivity index (χ3v) is 14.5. The van der Waals surface area contributed by atoms with E-state index < -0.39 is 23.0 Å². The van der Waals surface area contributed by atoms with Crippen LogP contribution in [0.2, 0.25) is 0 Å². The van der Waals surface area contributed by atoms with Gasteiger partial charge in [-0.2, -0.15) is 11.8 Å². The first-order chi connectivity index (χ1) is 32.5. The highest BCUT2D eigenvalue weighted by Gasteiger charge is 2.42. The molecule has 4 amide bonds. The van der Waals surface area contributed by atoms with Crippen molar-refractivity contribution in [2.75, 3.05) is 72.5 Å². The van der Waals surface area contributed by atoms with Gasteiger partial charge in [0.05, 0.1) is 56.3 Å². The van der Waals surface area contributed by atoms with E-state index in [0.717, 1.165) is 54.0 Å². The molecular formula is C50H79N7O9S2. The summed E-state index contributed by atoms with van der Waals surface area (Å²) in [5.41, 5.74) is 4.06. The number of urea groups is 1. The fourth-order valence-corrected chi connectivity index (χ4v) is 10.9. The minimum Gasteiger partial charge on any atom is -0.462 e.